The number of morpholine rings is 1. The standard InChI is InChI=1S/C15H20ClN3O/c16-12-4-5-14(19-7-9-20-10-8-19)13(11-12)18-15-3-1-2-6-17-15/h4-5,11H,1-3,6-10H2,(H,17,18). The predicted octanol–water partition coefficient (Wildman–Crippen LogP) is 3.17. The molecule has 0 spiro atoms. The molecule has 0 radical (unpaired) electrons. The SMILES string of the molecule is Clc1ccc(N2CCOCC2)c(NC2=NCCCC2)c1. The number of hydrogen-bond donors (Lipinski definition) is 1. The van der Waals surface area contributed by atoms with Crippen molar-refractivity contribution in [1.82, 2.24) is 0 Å². The van der Waals surface area contributed by atoms with E-state index >= 15 is 0 Å². The fourth-order valence-corrected chi connectivity index (χ4v) is 2.82. The molecule has 2 heterocycles. The van der Waals surface area contributed by atoms with Gasteiger partial charge in [-0.25, -0.2) is 0 Å². The van der Waals surface area contributed by atoms with Crippen molar-refractivity contribution in [3.05, 3.63) is 23.2 Å². The summed E-state index contributed by atoms with van der Waals surface area (Å²) >= 11 is 6.15. The monoisotopic (exact) mass is 293 g/mol. The zero-order chi connectivity index (χ0) is 13.8. The smallest absolute Gasteiger partial charge is 0.101 e. The van der Waals surface area contributed by atoms with E-state index < -0.39 is 0 Å². The molecule has 1 N–H and O–H groups in total. The van der Waals surface area contributed by atoms with Gasteiger partial charge in [0, 0.05) is 31.1 Å². The normalized spacial score (nSPS) is 19.6. The van der Waals surface area contributed by atoms with Crippen LogP contribution < -0.4 is 10.2 Å². The lowest BCUT2D eigenvalue weighted by molar-refractivity contribution is 0.123. The van der Waals surface area contributed by atoms with Crippen LogP contribution in [0, 0.1) is 0 Å². The van der Waals surface area contributed by atoms with Gasteiger partial charge in [0.1, 0.15) is 5.84 Å². The highest BCUT2D eigenvalue weighted by atomic mass is 35.5. The number of ether oxygens (including phenoxy) is 1. The maximum absolute atomic E-state index is 6.15. The second kappa shape index (κ2) is 6.46. The Hall–Kier alpha value is -1.26. The Morgan fingerprint density at radius 3 is 2.80 bits per heavy atom. The minimum atomic E-state index is 0.751. The molecule has 5 heteroatoms. The number of benzene rings is 1. The van der Waals surface area contributed by atoms with Crippen LogP contribution >= 0.6 is 11.6 Å². The first-order valence-electron chi connectivity index (χ1n) is 7.25. The average Bonchev–Trinajstić information content (AvgIpc) is 2.49. The van der Waals surface area contributed by atoms with Crippen molar-refractivity contribution in [3.8, 4) is 0 Å². The van der Waals surface area contributed by atoms with Gasteiger partial charge in [-0.05, 0) is 31.0 Å². The summed E-state index contributed by atoms with van der Waals surface area (Å²) in [6.07, 6.45) is 3.42. The van der Waals surface area contributed by atoms with Gasteiger partial charge in [0.15, 0.2) is 0 Å². The molecule has 20 heavy (non-hydrogen) atoms. The van der Waals surface area contributed by atoms with Crippen LogP contribution in [0.2, 0.25) is 5.02 Å². The maximum atomic E-state index is 6.15. The Balaban J connectivity index is 1.83. The molecule has 4 nitrogen and oxygen atoms in total. The van der Waals surface area contributed by atoms with Crippen LogP contribution in [-0.2, 0) is 4.74 Å². The van der Waals surface area contributed by atoms with E-state index in [-0.39, 0.29) is 0 Å². The molecule has 0 saturated carbocycles. The predicted molar refractivity (Wildman–Crippen MR) is 84.3 cm³/mol. The summed E-state index contributed by atoms with van der Waals surface area (Å²) in [6, 6.07) is 6.02. The van der Waals surface area contributed by atoms with Gasteiger partial charge in [-0.3, -0.25) is 4.99 Å². The first-order valence-corrected chi connectivity index (χ1v) is 7.63. The van der Waals surface area contributed by atoms with Crippen LogP contribution in [0.1, 0.15) is 19.3 Å². The van der Waals surface area contributed by atoms with Crippen molar-refractivity contribution in [2.75, 3.05) is 43.1 Å². The summed E-state index contributed by atoms with van der Waals surface area (Å²) in [5.41, 5.74) is 2.24. The fraction of sp³-hybridized carbons (Fsp3) is 0.533. The average molecular weight is 294 g/mol. The fourth-order valence-electron chi connectivity index (χ4n) is 2.64. The minimum Gasteiger partial charge on any atom is -0.378 e. The second-order valence-corrected chi connectivity index (χ2v) is 5.61. The molecule has 1 fully saturated rings. The maximum Gasteiger partial charge on any atom is 0.101 e. The molecular formula is C15H20ClN3O. The zero-order valence-corrected chi connectivity index (χ0v) is 12.3. The van der Waals surface area contributed by atoms with E-state index in [1.807, 2.05) is 12.1 Å². The van der Waals surface area contributed by atoms with E-state index in [1.165, 1.54) is 18.5 Å². The van der Waals surface area contributed by atoms with Crippen molar-refractivity contribution in [1.29, 1.82) is 0 Å². The molecule has 108 valence electrons. The molecule has 1 saturated heterocycles. The lowest BCUT2D eigenvalue weighted by atomic mass is 10.1. The Bertz CT molecular complexity index is 498. The van der Waals surface area contributed by atoms with E-state index in [9.17, 15) is 0 Å². The molecule has 2 aliphatic heterocycles. The van der Waals surface area contributed by atoms with Gasteiger partial charge in [-0.2, -0.15) is 0 Å². The summed E-state index contributed by atoms with van der Waals surface area (Å²) in [4.78, 5) is 6.90. The number of halogens is 1. The van der Waals surface area contributed by atoms with Crippen molar-refractivity contribution in [2.45, 2.75) is 19.3 Å². The topological polar surface area (TPSA) is 36.9 Å². The zero-order valence-electron chi connectivity index (χ0n) is 11.6. The first kappa shape index (κ1) is 13.7. The molecular weight excluding hydrogens is 274 g/mol. The third-order valence-corrected chi connectivity index (χ3v) is 3.95. The van der Waals surface area contributed by atoms with E-state index in [4.69, 9.17) is 16.3 Å². The Morgan fingerprint density at radius 2 is 2.05 bits per heavy atom. The third-order valence-electron chi connectivity index (χ3n) is 3.71. The van der Waals surface area contributed by atoms with Gasteiger partial charge in [0.05, 0.1) is 24.6 Å². The lowest BCUT2D eigenvalue weighted by Gasteiger charge is -2.31. The molecule has 1 aromatic carbocycles. The molecule has 1 aromatic rings. The Morgan fingerprint density at radius 1 is 1.20 bits per heavy atom. The first-order chi connectivity index (χ1) is 9.83. The largest absolute Gasteiger partial charge is 0.378 e. The molecule has 3 rings (SSSR count). The van der Waals surface area contributed by atoms with Gasteiger partial charge in [0.25, 0.3) is 0 Å². The molecule has 0 aliphatic carbocycles. The van der Waals surface area contributed by atoms with Gasteiger partial charge < -0.3 is 15.0 Å². The number of amidine groups is 1. The quantitative estimate of drug-likeness (QED) is 0.910. The summed E-state index contributed by atoms with van der Waals surface area (Å²) < 4.78 is 5.42. The van der Waals surface area contributed by atoms with E-state index in [0.29, 0.717) is 0 Å². The Labute approximate surface area is 124 Å². The molecule has 0 bridgehead atoms. The highest BCUT2D eigenvalue weighted by molar-refractivity contribution is 6.31. The lowest BCUT2D eigenvalue weighted by Crippen LogP contribution is -2.36. The molecule has 0 amide bonds. The van der Waals surface area contributed by atoms with Crippen LogP contribution in [-0.4, -0.2) is 38.7 Å². The summed E-state index contributed by atoms with van der Waals surface area (Å²) in [6.45, 7) is 4.33. The number of anilines is 2. The number of rotatable bonds is 2. The molecule has 0 unspecified atom stereocenters. The molecule has 0 atom stereocenters. The van der Waals surface area contributed by atoms with Crippen LogP contribution in [0.5, 0.6) is 0 Å². The third kappa shape index (κ3) is 3.25. The summed E-state index contributed by atoms with van der Waals surface area (Å²) in [7, 11) is 0. The number of nitrogens with zero attached hydrogens (tertiary/aromatic N) is 2. The highest BCUT2D eigenvalue weighted by Crippen LogP contribution is 2.30. The molecule has 2 aliphatic rings. The summed E-state index contributed by atoms with van der Waals surface area (Å²) in [5.74, 6) is 1.08. The number of aliphatic imine (C=N–C) groups is 1. The van der Waals surface area contributed by atoms with Crippen molar-refractivity contribution < 1.29 is 4.74 Å². The van der Waals surface area contributed by atoms with Gasteiger partial charge in [0.2, 0.25) is 0 Å². The van der Waals surface area contributed by atoms with E-state index in [1.54, 1.807) is 0 Å². The van der Waals surface area contributed by atoms with Crippen molar-refractivity contribution in [2.24, 2.45) is 4.99 Å². The van der Waals surface area contributed by atoms with Crippen LogP contribution in [0.4, 0.5) is 11.4 Å². The number of hydrogen-bond acceptors (Lipinski definition) is 4. The van der Waals surface area contributed by atoms with Gasteiger partial charge in [-0.1, -0.05) is 11.6 Å². The van der Waals surface area contributed by atoms with Crippen LogP contribution in [0.3, 0.4) is 0 Å². The van der Waals surface area contributed by atoms with Crippen molar-refractivity contribution >= 4 is 28.8 Å². The van der Waals surface area contributed by atoms with Crippen molar-refractivity contribution in [3.63, 3.8) is 0 Å². The Kier molecular flexibility index (Phi) is 4.43. The highest BCUT2D eigenvalue weighted by Gasteiger charge is 2.16. The van der Waals surface area contributed by atoms with Crippen LogP contribution in [0.15, 0.2) is 23.2 Å². The van der Waals surface area contributed by atoms with E-state index in [2.05, 4.69) is 21.3 Å². The summed E-state index contributed by atoms with van der Waals surface area (Å²) in [5, 5.41) is 4.22. The number of nitrogens with one attached hydrogen (secondary N) is 1. The van der Waals surface area contributed by atoms with Crippen LogP contribution in [0.25, 0.3) is 0 Å². The minimum absolute atomic E-state index is 0.751. The van der Waals surface area contributed by atoms with E-state index in [0.717, 1.165) is 55.8 Å². The van der Waals surface area contributed by atoms with Gasteiger partial charge in [-0.15, -0.1) is 0 Å². The van der Waals surface area contributed by atoms with Gasteiger partial charge >= 0.3 is 0 Å². The molecule has 0 aromatic heterocycles. The second-order valence-electron chi connectivity index (χ2n) is 5.17.